The molecule has 6 aromatic carbocycles. The number of benzene rings is 6. The van der Waals surface area contributed by atoms with Crippen LogP contribution in [0.15, 0.2) is 152 Å². The van der Waals surface area contributed by atoms with Crippen molar-refractivity contribution < 1.29 is 0 Å². The molecule has 0 fully saturated rings. The molecule has 10 aromatic rings. The lowest BCUT2D eigenvalue weighted by atomic mass is 9.93. The predicted molar refractivity (Wildman–Crippen MR) is 203 cm³/mol. The summed E-state index contributed by atoms with van der Waals surface area (Å²) in [5.41, 5.74) is 12.5. The molecule has 0 aliphatic heterocycles. The van der Waals surface area contributed by atoms with Crippen molar-refractivity contribution >= 4 is 66.2 Å². The van der Waals surface area contributed by atoms with Crippen LogP contribution in [0.2, 0.25) is 0 Å². The summed E-state index contributed by atoms with van der Waals surface area (Å²) in [4.78, 5) is 15.7. The molecule has 4 heterocycles. The molecule has 4 aromatic heterocycles. The number of aromatic nitrogens is 5. The molecule has 0 unspecified atom stereocenters. The highest BCUT2D eigenvalue weighted by Crippen LogP contribution is 2.42. The smallest absolute Gasteiger partial charge is 0.114 e. The third-order valence-corrected chi connectivity index (χ3v) is 9.84. The van der Waals surface area contributed by atoms with Crippen LogP contribution >= 0.6 is 11.7 Å². The number of rotatable bonds is 4. The van der Waals surface area contributed by atoms with E-state index in [0.29, 0.717) is 0 Å². The SMILES string of the molecule is c1ccc(-c2ccc3ccc4ccc(-c5ccc6nc(-c7ccccc7)c7cc(-c8ccccc8)c8nsnc8c7c6c5)nc4c3n2)cc1. The fourth-order valence-electron chi connectivity index (χ4n) is 6.93. The quantitative estimate of drug-likeness (QED) is 0.179. The van der Waals surface area contributed by atoms with Crippen molar-refractivity contribution in [2.75, 3.05) is 0 Å². The lowest BCUT2D eigenvalue weighted by Crippen LogP contribution is -1.94. The average molecular weight is 644 g/mol. The molecule has 6 heteroatoms. The van der Waals surface area contributed by atoms with Crippen LogP contribution in [-0.2, 0) is 0 Å². The number of fused-ring (bicyclic) bond motifs is 8. The minimum Gasteiger partial charge on any atom is -0.247 e. The van der Waals surface area contributed by atoms with Crippen molar-refractivity contribution in [2.24, 2.45) is 0 Å². The van der Waals surface area contributed by atoms with Crippen molar-refractivity contribution in [3.63, 3.8) is 0 Å². The minimum absolute atomic E-state index is 0.877. The summed E-state index contributed by atoms with van der Waals surface area (Å²) < 4.78 is 9.73. The Balaban J connectivity index is 1.22. The van der Waals surface area contributed by atoms with Gasteiger partial charge in [0.2, 0.25) is 0 Å². The van der Waals surface area contributed by atoms with Gasteiger partial charge in [0.1, 0.15) is 11.0 Å². The summed E-state index contributed by atoms with van der Waals surface area (Å²) in [5, 5.41) is 5.23. The Hall–Kier alpha value is -6.37. The largest absolute Gasteiger partial charge is 0.247 e. The van der Waals surface area contributed by atoms with E-state index in [0.717, 1.165) is 99.4 Å². The highest BCUT2D eigenvalue weighted by atomic mass is 32.1. The van der Waals surface area contributed by atoms with Gasteiger partial charge in [0.05, 0.1) is 45.4 Å². The first kappa shape index (κ1) is 27.7. The highest BCUT2D eigenvalue weighted by Gasteiger charge is 2.20. The van der Waals surface area contributed by atoms with Gasteiger partial charge in [-0.25, -0.2) is 15.0 Å². The molecule has 0 aliphatic rings. The summed E-state index contributed by atoms with van der Waals surface area (Å²) in [6, 6.07) is 52.5. The Labute approximate surface area is 285 Å². The summed E-state index contributed by atoms with van der Waals surface area (Å²) in [6.07, 6.45) is 0. The lowest BCUT2D eigenvalue weighted by molar-refractivity contribution is 1.36. The van der Waals surface area contributed by atoms with E-state index >= 15 is 0 Å². The topological polar surface area (TPSA) is 64.5 Å². The van der Waals surface area contributed by atoms with Crippen LogP contribution in [-0.4, -0.2) is 23.7 Å². The number of hydrogen-bond acceptors (Lipinski definition) is 6. The number of pyridine rings is 3. The fraction of sp³-hybridized carbons (Fsp3) is 0. The maximum absolute atomic E-state index is 5.29. The highest BCUT2D eigenvalue weighted by molar-refractivity contribution is 7.00. The maximum Gasteiger partial charge on any atom is 0.114 e. The van der Waals surface area contributed by atoms with Crippen LogP contribution < -0.4 is 0 Å². The normalized spacial score (nSPS) is 11.7. The Morgan fingerprint density at radius 2 is 0.959 bits per heavy atom. The van der Waals surface area contributed by atoms with E-state index in [9.17, 15) is 0 Å². The molecule has 0 saturated heterocycles. The number of hydrogen-bond donors (Lipinski definition) is 0. The van der Waals surface area contributed by atoms with Gasteiger partial charge in [-0.05, 0) is 35.9 Å². The van der Waals surface area contributed by atoms with Crippen molar-refractivity contribution in [3.05, 3.63) is 152 Å². The second-order valence-electron chi connectivity index (χ2n) is 12.2. The van der Waals surface area contributed by atoms with Gasteiger partial charge in [0, 0.05) is 49.2 Å². The Morgan fingerprint density at radius 1 is 0.388 bits per heavy atom. The molecule has 228 valence electrons. The van der Waals surface area contributed by atoms with Crippen LogP contribution in [0.1, 0.15) is 0 Å². The maximum atomic E-state index is 5.29. The summed E-state index contributed by atoms with van der Waals surface area (Å²) in [6.45, 7) is 0. The second-order valence-corrected chi connectivity index (χ2v) is 12.7. The molecular formula is C43H25N5S. The first-order valence-corrected chi connectivity index (χ1v) is 16.9. The standard InChI is InChI=1S/C43H25N5S/c1-4-10-26(11-5-1)32-25-34-38(43-42(32)47-49-48-43)33-24-31(20-23-37(33)46-39(34)28-14-8-3-9-15-28)36-22-19-30-17-16-29-18-21-35(27-12-6-2-7-13-27)44-40(29)41(30)45-36/h1-25H. The van der Waals surface area contributed by atoms with E-state index in [2.05, 4.69) is 121 Å². The van der Waals surface area contributed by atoms with Crippen LogP contribution in [0.3, 0.4) is 0 Å². The van der Waals surface area contributed by atoms with E-state index in [1.165, 1.54) is 11.7 Å². The van der Waals surface area contributed by atoms with Gasteiger partial charge >= 0.3 is 0 Å². The molecule has 49 heavy (non-hydrogen) atoms. The zero-order valence-electron chi connectivity index (χ0n) is 26.1. The zero-order chi connectivity index (χ0) is 32.3. The van der Waals surface area contributed by atoms with Crippen molar-refractivity contribution in [3.8, 4) is 44.9 Å². The molecule has 10 rings (SSSR count). The summed E-state index contributed by atoms with van der Waals surface area (Å²) in [7, 11) is 0. The van der Waals surface area contributed by atoms with Crippen molar-refractivity contribution in [2.45, 2.75) is 0 Å². The van der Waals surface area contributed by atoms with Crippen molar-refractivity contribution in [1.82, 2.24) is 23.7 Å². The van der Waals surface area contributed by atoms with Gasteiger partial charge in [-0.15, -0.1) is 0 Å². The van der Waals surface area contributed by atoms with Gasteiger partial charge in [0.15, 0.2) is 0 Å². The van der Waals surface area contributed by atoms with Gasteiger partial charge < -0.3 is 0 Å². The molecule has 0 radical (unpaired) electrons. The summed E-state index contributed by atoms with van der Waals surface area (Å²) >= 11 is 1.25. The van der Waals surface area contributed by atoms with Crippen LogP contribution in [0.25, 0.3) is 99.4 Å². The average Bonchev–Trinajstić information content (AvgIpc) is 3.68. The van der Waals surface area contributed by atoms with Gasteiger partial charge in [0.25, 0.3) is 0 Å². The third-order valence-electron chi connectivity index (χ3n) is 9.31. The molecular weight excluding hydrogens is 619 g/mol. The van der Waals surface area contributed by atoms with E-state index < -0.39 is 0 Å². The molecule has 0 N–H and O–H groups in total. The second kappa shape index (κ2) is 11.1. The van der Waals surface area contributed by atoms with E-state index in [1.807, 2.05) is 30.3 Å². The van der Waals surface area contributed by atoms with Gasteiger partial charge in [-0.1, -0.05) is 121 Å². The van der Waals surface area contributed by atoms with E-state index in [1.54, 1.807) is 0 Å². The predicted octanol–water partition coefficient (Wildman–Crippen LogP) is 11.2. The van der Waals surface area contributed by atoms with E-state index in [4.69, 9.17) is 23.7 Å². The molecule has 0 aliphatic carbocycles. The first-order chi connectivity index (χ1) is 24.3. The van der Waals surface area contributed by atoms with Crippen LogP contribution in [0.5, 0.6) is 0 Å². The molecule has 0 bridgehead atoms. The fourth-order valence-corrected chi connectivity index (χ4v) is 7.49. The Morgan fingerprint density at radius 3 is 1.63 bits per heavy atom. The van der Waals surface area contributed by atoms with Gasteiger partial charge in [-0.3, -0.25) is 0 Å². The van der Waals surface area contributed by atoms with Crippen molar-refractivity contribution in [1.29, 1.82) is 0 Å². The molecule has 0 saturated carbocycles. The van der Waals surface area contributed by atoms with Crippen LogP contribution in [0, 0.1) is 0 Å². The summed E-state index contributed by atoms with van der Waals surface area (Å²) in [5.74, 6) is 0. The molecule has 0 atom stereocenters. The lowest BCUT2D eigenvalue weighted by Gasteiger charge is -2.14. The van der Waals surface area contributed by atoms with E-state index in [-0.39, 0.29) is 0 Å². The number of nitrogens with zero attached hydrogens (tertiary/aromatic N) is 5. The first-order valence-electron chi connectivity index (χ1n) is 16.2. The molecule has 5 nitrogen and oxygen atoms in total. The monoisotopic (exact) mass is 643 g/mol. The Bertz CT molecular complexity index is 2870. The molecule has 0 spiro atoms. The van der Waals surface area contributed by atoms with Gasteiger partial charge in [-0.2, -0.15) is 8.75 Å². The zero-order valence-corrected chi connectivity index (χ0v) is 26.9. The minimum atomic E-state index is 0.877. The third kappa shape index (κ3) is 4.57. The van der Waals surface area contributed by atoms with Crippen LogP contribution in [0.4, 0.5) is 0 Å². The Kier molecular flexibility index (Phi) is 6.29. The molecule has 0 amide bonds.